The van der Waals surface area contributed by atoms with E-state index in [0.29, 0.717) is 0 Å². The molecule has 0 radical (unpaired) electrons. The van der Waals surface area contributed by atoms with E-state index in [1.54, 1.807) is 0 Å². The number of rotatable bonds is 7. The summed E-state index contributed by atoms with van der Waals surface area (Å²) in [6, 6.07) is 6.17. The summed E-state index contributed by atoms with van der Waals surface area (Å²) >= 11 is 9.80. The van der Waals surface area contributed by atoms with Crippen LogP contribution < -0.4 is 5.32 Å². The van der Waals surface area contributed by atoms with Gasteiger partial charge in [-0.1, -0.05) is 34.5 Å². The van der Waals surface area contributed by atoms with Crippen LogP contribution in [-0.2, 0) is 13.0 Å². The molecule has 1 atom stereocenters. The zero-order valence-corrected chi connectivity index (χ0v) is 14.8. The number of halogens is 2. The van der Waals surface area contributed by atoms with Crippen molar-refractivity contribution in [1.82, 2.24) is 15.1 Å². The number of aromatic nitrogens is 2. The molecule has 0 aliphatic rings. The summed E-state index contributed by atoms with van der Waals surface area (Å²) in [7, 11) is 0. The Labute approximate surface area is 139 Å². The minimum Gasteiger partial charge on any atom is -0.310 e. The first kappa shape index (κ1) is 16.5. The highest BCUT2D eigenvalue weighted by atomic mass is 79.9. The molecule has 1 unspecified atom stereocenters. The fourth-order valence-electron chi connectivity index (χ4n) is 2.31. The molecule has 0 aliphatic carbocycles. The van der Waals surface area contributed by atoms with Crippen LogP contribution in [-0.4, -0.2) is 16.3 Å². The maximum Gasteiger partial charge on any atom is 0.0522 e. The van der Waals surface area contributed by atoms with Crippen molar-refractivity contribution in [2.24, 2.45) is 0 Å². The van der Waals surface area contributed by atoms with Gasteiger partial charge in [0.2, 0.25) is 0 Å². The van der Waals surface area contributed by atoms with E-state index >= 15 is 0 Å². The number of hydrogen-bond donors (Lipinski definition) is 1. The van der Waals surface area contributed by atoms with Gasteiger partial charge in [0, 0.05) is 28.3 Å². The van der Waals surface area contributed by atoms with Crippen molar-refractivity contribution in [3.63, 3.8) is 0 Å². The van der Waals surface area contributed by atoms with Gasteiger partial charge in [0.05, 0.1) is 6.20 Å². The molecule has 0 aliphatic heterocycles. The van der Waals surface area contributed by atoms with Gasteiger partial charge in [0.15, 0.2) is 0 Å². The Balaban J connectivity index is 2.22. The smallest absolute Gasteiger partial charge is 0.0522 e. The zero-order valence-electron chi connectivity index (χ0n) is 12.4. The minimum absolute atomic E-state index is 0.229. The van der Waals surface area contributed by atoms with Gasteiger partial charge in [-0.2, -0.15) is 5.10 Å². The van der Waals surface area contributed by atoms with Crippen LogP contribution >= 0.6 is 27.5 Å². The van der Waals surface area contributed by atoms with Gasteiger partial charge >= 0.3 is 0 Å². The number of nitrogens with zero attached hydrogens (tertiary/aromatic N) is 2. The van der Waals surface area contributed by atoms with E-state index < -0.39 is 0 Å². The van der Waals surface area contributed by atoms with Crippen LogP contribution in [0.1, 0.15) is 37.4 Å². The van der Waals surface area contributed by atoms with Gasteiger partial charge in [-0.3, -0.25) is 4.68 Å². The lowest BCUT2D eigenvalue weighted by atomic mass is 10.0. The van der Waals surface area contributed by atoms with Crippen molar-refractivity contribution in [3.05, 3.63) is 51.2 Å². The van der Waals surface area contributed by atoms with Crippen LogP contribution in [0.4, 0.5) is 0 Å². The molecular formula is C16H21BrClN3. The van der Waals surface area contributed by atoms with Crippen molar-refractivity contribution >= 4 is 27.5 Å². The van der Waals surface area contributed by atoms with E-state index in [-0.39, 0.29) is 6.04 Å². The van der Waals surface area contributed by atoms with Crippen LogP contribution in [0.3, 0.4) is 0 Å². The third-order valence-corrected chi connectivity index (χ3v) is 4.38. The van der Waals surface area contributed by atoms with Crippen LogP contribution in [0.5, 0.6) is 0 Å². The molecule has 0 bridgehead atoms. The van der Waals surface area contributed by atoms with Crippen LogP contribution in [0.2, 0.25) is 5.02 Å². The summed E-state index contributed by atoms with van der Waals surface area (Å²) in [6.45, 7) is 6.14. The van der Waals surface area contributed by atoms with Crippen LogP contribution in [0.15, 0.2) is 35.1 Å². The summed E-state index contributed by atoms with van der Waals surface area (Å²) in [5, 5.41) is 8.72. The Morgan fingerprint density at radius 2 is 2.19 bits per heavy atom. The summed E-state index contributed by atoms with van der Waals surface area (Å²) in [5.74, 6) is 0. The van der Waals surface area contributed by atoms with Gasteiger partial charge in [0.25, 0.3) is 0 Å². The largest absolute Gasteiger partial charge is 0.310 e. The Hall–Kier alpha value is -0.840. The number of aryl methyl sites for hydroxylation is 1. The maximum absolute atomic E-state index is 6.16. The minimum atomic E-state index is 0.229. The Morgan fingerprint density at radius 3 is 2.86 bits per heavy atom. The molecule has 114 valence electrons. The predicted octanol–water partition coefficient (Wildman–Crippen LogP) is 4.60. The van der Waals surface area contributed by atoms with Gasteiger partial charge in [-0.25, -0.2) is 0 Å². The molecule has 1 aromatic carbocycles. The fourth-order valence-corrected chi connectivity index (χ4v) is 3.02. The molecule has 1 N–H and O–H groups in total. The van der Waals surface area contributed by atoms with E-state index in [0.717, 1.165) is 35.4 Å². The third kappa shape index (κ3) is 4.56. The van der Waals surface area contributed by atoms with Crippen molar-refractivity contribution < 1.29 is 0 Å². The first-order valence-corrected chi connectivity index (χ1v) is 8.50. The highest BCUT2D eigenvalue weighted by molar-refractivity contribution is 9.10. The molecule has 3 nitrogen and oxygen atoms in total. The topological polar surface area (TPSA) is 29.9 Å². The Bertz CT molecular complexity index is 583. The standard InChI is InChI=1S/C16H21BrClN3/c1-3-7-19-16(8-12-10-20-21(4-2)11-12)14-9-13(18)5-6-15(14)17/h5-6,9-11,16,19H,3-4,7-8H2,1-2H3. The van der Waals surface area contributed by atoms with Gasteiger partial charge in [-0.05, 0) is 55.6 Å². The monoisotopic (exact) mass is 369 g/mol. The molecule has 0 amide bonds. The predicted molar refractivity (Wildman–Crippen MR) is 91.8 cm³/mol. The first-order chi connectivity index (χ1) is 10.1. The van der Waals surface area contributed by atoms with Gasteiger partial charge < -0.3 is 5.32 Å². The van der Waals surface area contributed by atoms with E-state index in [1.807, 2.05) is 29.1 Å². The van der Waals surface area contributed by atoms with E-state index in [9.17, 15) is 0 Å². The molecule has 1 heterocycles. The van der Waals surface area contributed by atoms with Gasteiger partial charge in [-0.15, -0.1) is 0 Å². The van der Waals surface area contributed by atoms with Crippen LogP contribution in [0, 0.1) is 0 Å². The normalized spacial score (nSPS) is 12.6. The second-order valence-electron chi connectivity index (χ2n) is 5.08. The second kappa shape index (κ2) is 7.97. The number of hydrogen-bond acceptors (Lipinski definition) is 2. The van der Waals surface area contributed by atoms with Crippen molar-refractivity contribution in [3.8, 4) is 0 Å². The molecule has 0 saturated carbocycles. The Kier molecular flexibility index (Phi) is 6.27. The quantitative estimate of drug-likeness (QED) is 0.772. The number of nitrogens with one attached hydrogen (secondary N) is 1. The molecular weight excluding hydrogens is 350 g/mol. The number of benzene rings is 1. The molecule has 0 saturated heterocycles. The molecule has 2 aromatic rings. The molecule has 2 rings (SSSR count). The SMILES string of the molecule is CCCNC(Cc1cnn(CC)c1)c1cc(Cl)ccc1Br. The average molecular weight is 371 g/mol. The Morgan fingerprint density at radius 1 is 1.38 bits per heavy atom. The maximum atomic E-state index is 6.16. The lowest BCUT2D eigenvalue weighted by Crippen LogP contribution is -2.24. The zero-order chi connectivity index (χ0) is 15.2. The summed E-state index contributed by atoms with van der Waals surface area (Å²) < 4.78 is 3.04. The lowest BCUT2D eigenvalue weighted by molar-refractivity contribution is 0.527. The summed E-state index contributed by atoms with van der Waals surface area (Å²) in [6.07, 6.45) is 6.06. The fraction of sp³-hybridized carbons (Fsp3) is 0.438. The van der Waals surface area contributed by atoms with Crippen molar-refractivity contribution in [1.29, 1.82) is 0 Å². The van der Waals surface area contributed by atoms with Gasteiger partial charge in [0.1, 0.15) is 0 Å². The molecule has 5 heteroatoms. The molecule has 0 fully saturated rings. The molecule has 21 heavy (non-hydrogen) atoms. The molecule has 1 aromatic heterocycles. The first-order valence-electron chi connectivity index (χ1n) is 7.33. The van der Waals surface area contributed by atoms with E-state index in [2.05, 4.69) is 46.4 Å². The average Bonchev–Trinajstić information content (AvgIpc) is 2.94. The van der Waals surface area contributed by atoms with Crippen molar-refractivity contribution in [2.75, 3.05) is 6.54 Å². The summed E-state index contributed by atoms with van der Waals surface area (Å²) in [4.78, 5) is 0. The van der Waals surface area contributed by atoms with Crippen molar-refractivity contribution in [2.45, 2.75) is 39.3 Å². The van der Waals surface area contributed by atoms with E-state index in [1.165, 1.54) is 11.1 Å². The van der Waals surface area contributed by atoms with E-state index in [4.69, 9.17) is 11.6 Å². The third-order valence-electron chi connectivity index (χ3n) is 3.42. The highest BCUT2D eigenvalue weighted by Crippen LogP contribution is 2.29. The van der Waals surface area contributed by atoms with Crippen LogP contribution in [0.25, 0.3) is 0 Å². The highest BCUT2D eigenvalue weighted by Gasteiger charge is 2.16. The summed E-state index contributed by atoms with van der Waals surface area (Å²) in [5.41, 5.74) is 2.43. The second-order valence-corrected chi connectivity index (χ2v) is 6.37. The lowest BCUT2D eigenvalue weighted by Gasteiger charge is -2.20. The molecule has 0 spiro atoms.